The molecule has 0 saturated heterocycles. The number of hydrogen-bond acceptors (Lipinski definition) is 6. The summed E-state index contributed by atoms with van der Waals surface area (Å²) in [4.78, 5) is 0. The van der Waals surface area contributed by atoms with E-state index in [-0.39, 0.29) is 13.6 Å². The molecular formula is C7H17NO5. The molecule has 0 radical (unpaired) electrons. The molecule has 0 aromatic rings. The van der Waals surface area contributed by atoms with Gasteiger partial charge < -0.3 is 30.8 Å². The molecule has 6 heteroatoms. The summed E-state index contributed by atoms with van der Waals surface area (Å²) in [6.07, 6.45) is -5.95. The lowest BCUT2D eigenvalue weighted by Gasteiger charge is -2.25. The van der Waals surface area contributed by atoms with E-state index >= 15 is 0 Å². The van der Waals surface area contributed by atoms with Crippen molar-refractivity contribution in [3.05, 3.63) is 0 Å². The topological polar surface area (TPSA) is 113 Å². The van der Waals surface area contributed by atoms with Crippen molar-refractivity contribution in [2.75, 3.05) is 20.2 Å². The molecule has 0 aliphatic rings. The predicted molar refractivity (Wildman–Crippen MR) is 45.0 cm³/mol. The second-order valence-corrected chi connectivity index (χ2v) is 2.75. The molecule has 0 fully saturated rings. The molecule has 6 N–H and O–H groups in total. The fraction of sp³-hybridized carbons (Fsp3) is 1.00. The van der Waals surface area contributed by atoms with Crippen molar-refractivity contribution in [1.29, 1.82) is 0 Å². The molecule has 80 valence electrons. The zero-order valence-electron chi connectivity index (χ0n) is 8.17. The summed E-state index contributed by atoms with van der Waals surface area (Å²) in [5, 5.41) is 47.5. The van der Waals surface area contributed by atoms with Gasteiger partial charge in [0.25, 0.3) is 0 Å². The minimum absolute atomic E-state index is 0.0696. The van der Waals surface area contributed by atoms with Crippen molar-refractivity contribution < 1.29 is 26.9 Å². The highest BCUT2D eigenvalue weighted by Gasteiger charge is 2.29. The van der Waals surface area contributed by atoms with Gasteiger partial charge >= 0.3 is 0 Å². The zero-order chi connectivity index (χ0) is 11.1. The van der Waals surface area contributed by atoms with Crippen LogP contribution in [0.3, 0.4) is 0 Å². The number of nitrogens with one attached hydrogen (secondary N) is 1. The first kappa shape index (κ1) is 10.8. The largest absolute Gasteiger partial charge is 0.394 e. The van der Waals surface area contributed by atoms with E-state index in [1.165, 1.54) is 0 Å². The molecule has 0 unspecified atom stereocenters. The third-order valence-corrected chi connectivity index (χ3v) is 1.68. The minimum Gasteiger partial charge on any atom is -0.394 e. The monoisotopic (exact) mass is 196 g/mol. The van der Waals surface area contributed by atoms with Crippen LogP contribution in [-0.4, -0.2) is 70.1 Å². The summed E-state index contributed by atoms with van der Waals surface area (Å²) >= 11 is 0. The van der Waals surface area contributed by atoms with Crippen molar-refractivity contribution in [1.82, 2.24) is 5.32 Å². The Kier molecular flexibility index (Phi) is 5.21. The van der Waals surface area contributed by atoms with Gasteiger partial charge in [-0.2, -0.15) is 0 Å². The Balaban J connectivity index is 3.95. The fourth-order valence-corrected chi connectivity index (χ4v) is 0.832. The molecule has 0 bridgehead atoms. The van der Waals surface area contributed by atoms with E-state index in [9.17, 15) is 10.2 Å². The number of aliphatic hydroxyl groups excluding tert-OH is 5. The van der Waals surface area contributed by atoms with Gasteiger partial charge in [0.15, 0.2) is 0 Å². The predicted octanol–water partition coefficient (Wildman–Crippen LogP) is -3.36. The maximum absolute atomic E-state index is 9.24. The summed E-state index contributed by atoms with van der Waals surface area (Å²) in [6, 6.07) is 0. The SMILES string of the molecule is [2H]CNC[C@H](O)[C@@H](O)[C@H](O)[C@H](O)CO. The van der Waals surface area contributed by atoms with Crippen LogP contribution in [-0.2, 0) is 0 Å². The molecule has 6 nitrogen and oxygen atoms in total. The van der Waals surface area contributed by atoms with E-state index in [2.05, 4.69) is 5.32 Å². The number of aliphatic hydroxyl groups is 5. The smallest absolute Gasteiger partial charge is 0.111 e. The van der Waals surface area contributed by atoms with Crippen LogP contribution in [0.1, 0.15) is 1.37 Å². The first-order valence-electron chi connectivity index (χ1n) is 4.58. The molecule has 0 aliphatic carbocycles. The lowest BCUT2D eigenvalue weighted by Crippen LogP contribution is -2.48. The summed E-state index contributed by atoms with van der Waals surface area (Å²) in [5.74, 6) is 0. The first-order chi connectivity index (χ1) is 6.54. The second kappa shape index (κ2) is 6.25. The van der Waals surface area contributed by atoms with Gasteiger partial charge in [-0.05, 0) is 7.02 Å². The van der Waals surface area contributed by atoms with Crippen molar-refractivity contribution in [2.45, 2.75) is 24.4 Å². The second-order valence-electron chi connectivity index (χ2n) is 2.75. The molecule has 0 heterocycles. The molecule has 4 atom stereocenters. The van der Waals surface area contributed by atoms with E-state index < -0.39 is 31.0 Å². The highest BCUT2D eigenvalue weighted by Crippen LogP contribution is 2.04. The molecule has 13 heavy (non-hydrogen) atoms. The Morgan fingerprint density at radius 2 is 1.69 bits per heavy atom. The van der Waals surface area contributed by atoms with Crippen LogP contribution in [0.4, 0.5) is 0 Å². The number of likely N-dealkylation sites (N-methyl/N-ethyl adjacent to an activating group) is 1. The maximum Gasteiger partial charge on any atom is 0.111 e. The molecule has 0 aromatic carbocycles. The van der Waals surface area contributed by atoms with Crippen LogP contribution in [0.15, 0.2) is 0 Å². The van der Waals surface area contributed by atoms with Crippen LogP contribution >= 0.6 is 0 Å². The third-order valence-electron chi connectivity index (χ3n) is 1.68. The average molecular weight is 196 g/mol. The summed E-state index contributed by atoms with van der Waals surface area (Å²) in [6.45, 7) is -0.767. The van der Waals surface area contributed by atoms with Gasteiger partial charge in [0.2, 0.25) is 0 Å². The Bertz CT molecular complexity index is 150. The Hall–Kier alpha value is -0.240. The highest BCUT2D eigenvalue weighted by atomic mass is 16.4. The molecule has 0 spiro atoms. The summed E-state index contributed by atoms with van der Waals surface area (Å²) < 4.78 is 6.71. The summed E-state index contributed by atoms with van der Waals surface area (Å²) in [7, 11) is -0.123. The van der Waals surface area contributed by atoms with Gasteiger partial charge in [0, 0.05) is 7.92 Å². The normalized spacial score (nSPS) is 21.8. The third kappa shape index (κ3) is 3.99. The van der Waals surface area contributed by atoms with Crippen LogP contribution in [0, 0.1) is 0 Å². The van der Waals surface area contributed by atoms with Crippen LogP contribution < -0.4 is 5.32 Å². The van der Waals surface area contributed by atoms with Crippen molar-refractivity contribution >= 4 is 0 Å². The van der Waals surface area contributed by atoms with Gasteiger partial charge in [-0.25, -0.2) is 0 Å². The van der Waals surface area contributed by atoms with Crippen LogP contribution in [0.25, 0.3) is 0 Å². The molecule has 0 aromatic heterocycles. The van der Waals surface area contributed by atoms with Gasteiger partial charge in [-0.3, -0.25) is 0 Å². The minimum atomic E-state index is -1.61. The van der Waals surface area contributed by atoms with E-state index in [1.54, 1.807) is 0 Å². The van der Waals surface area contributed by atoms with E-state index in [0.717, 1.165) is 0 Å². The molecule has 0 saturated carbocycles. The van der Waals surface area contributed by atoms with E-state index in [4.69, 9.17) is 16.7 Å². The van der Waals surface area contributed by atoms with Gasteiger partial charge in [0.05, 0.1) is 12.7 Å². The lowest BCUT2D eigenvalue weighted by atomic mass is 10.0. The van der Waals surface area contributed by atoms with Gasteiger partial charge in [-0.1, -0.05) is 0 Å². The van der Waals surface area contributed by atoms with E-state index in [0.29, 0.717) is 0 Å². The van der Waals surface area contributed by atoms with Crippen LogP contribution in [0.2, 0.25) is 0 Å². The number of hydrogen-bond donors (Lipinski definition) is 6. The van der Waals surface area contributed by atoms with Crippen LogP contribution in [0.5, 0.6) is 0 Å². The van der Waals surface area contributed by atoms with Crippen molar-refractivity contribution in [2.24, 2.45) is 0 Å². The zero-order valence-corrected chi connectivity index (χ0v) is 7.17. The van der Waals surface area contributed by atoms with Crippen molar-refractivity contribution in [3.63, 3.8) is 0 Å². The highest BCUT2D eigenvalue weighted by molar-refractivity contribution is 4.81. The molecule has 0 rings (SSSR count). The molecule has 0 aliphatic heterocycles. The maximum atomic E-state index is 9.24. The standard InChI is InChI=1S/C7H17NO5/c1-8-2-4(10)6(12)7(13)5(11)3-9/h4-13H,2-3H2,1H3/t4-,5+,6+,7+/m0/s1/i1D. The lowest BCUT2D eigenvalue weighted by molar-refractivity contribution is -0.113. The van der Waals surface area contributed by atoms with Crippen molar-refractivity contribution in [3.8, 4) is 0 Å². The Morgan fingerprint density at radius 3 is 2.15 bits per heavy atom. The Labute approximate surface area is 77.9 Å². The average Bonchev–Trinajstić information content (AvgIpc) is 2.22. The van der Waals surface area contributed by atoms with E-state index in [1.807, 2.05) is 0 Å². The fourth-order valence-electron chi connectivity index (χ4n) is 0.832. The quantitative estimate of drug-likeness (QED) is 0.264. The summed E-state index contributed by atoms with van der Waals surface area (Å²) in [5.41, 5.74) is 0. The van der Waals surface area contributed by atoms with Gasteiger partial charge in [0.1, 0.15) is 18.3 Å². The van der Waals surface area contributed by atoms with Gasteiger partial charge in [-0.15, -0.1) is 0 Å². The first-order valence-corrected chi connectivity index (χ1v) is 3.87. The molecular weight excluding hydrogens is 178 g/mol. The molecule has 0 amide bonds. The number of rotatable bonds is 6. The Morgan fingerprint density at radius 1 is 1.15 bits per heavy atom.